The Balaban J connectivity index is 1.74. The van der Waals surface area contributed by atoms with Crippen LogP contribution in [0.15, 0.2) is 64.2 Å². The fourth-order valence-electron chi connectivity index (χ4n) is 5.71. The molecule has 3 aliphatic carbocycles. The third-order valence-electron chi connectivity index (χ3n) is 7.13. The Labute approximate surface area is 197 Å². The molecule has 5 rings (SSSR count). The third kappa shape index (κ3) is 3.04. The standard InChI is InChI=1S/C25H20BrNO6/c1-2-4-11-5-3-6-13(22(11)29)19-12-7-8-14-20(25(32)27(33)24(14)31)15(12)9-16-21(19)18(28)10-17(26)23(16)30/h2-3,5-7,10,14-15,19-20,29,33H,1,4,8-9H2/t14-,15+,19+,20-/m0/s1. The van der Waals surface area contributed by atoms with E-state index in [2.05, 4.69) is 22.5 Å². The number of para-hydroxylation sites is 1. The number of halogens is 1. The lowest BCUT2D eigenvalue weighted by atomic mass is 9.59. The number of fused-ring (bicyclic) bond motifs is 3. The summed E-state index contributed by atoms with van der Waals surface area (Å²) in [4.78, 5) is 51.5. The molecule has 4 atom stereocenters. The van der Waals surface area contributed by atoms with Gasteiger partial charge in [0.2, 0.25) is 0 Å². The van der Waals surface area contributed by atoms with Crippen molar-refractivity contribution in [2.45, 2.75) is 25.2 Å². The van der Waals surface area contributed by atoms with E-state index >= 15 is 0 Å². The Morgan fingerprint density at radius 3 is 2.64 bits per heavy atom. The highest BCUT2D eigenvalue weighted by Gasteiger charge is 2.56. The van der Waals surface area contributed by atoms with E-state index in [-0.39, 0.29) is 50.8 Å². The van der Waals surface area contributed by atoms with Crippen molar-refractivity contribution in [1.82, 2.24) is 5.06 Å². The first-order valence-electron chi connectivity index (χ1n) is 10.6. The second kappa shape index (κ2) is 7.74. The molecule has 0 unspecified atom stereocenters. The number of ketones is 2. The Hall–Kier alpha value is -3.10. The maximum Gasteiger partial charge on any atom is 0.257 e. The molecule has 1 fully saturated rings. The largest absolute Gasteiger partial charge is 0.507 e. The molecule has 1 aliphatic heterocycles. The number of hydrogen-bond acceptors (Lipinski definition) is 6. The van der Waals surface area contributed by atoms with Crippen LogP contribution in [0, 0.1) is 17.8 Å². The number of Topliss-reactive ketones (excluding diaryl/α,β-unsaturated/α-hetero) is 1. The van der Waals surface area contributed by atoms with Crippen LogP contribution in [0.2, 0.25) is 0 Å². The SMILES string of the molecule is C=CCc1cccc([C@H]2C3=CC[C@@H]4C(=O)N(O)C(=O)[C@@H]4[C@@H]3CC3=C2C(=O)C=C(Br)C3=O)c1O. The van der Waals surface area contributed by atoms with Gasteiger partial charge in [-0.15, -0.1) is 6.58 Å². The lowest BCUT2D eigenvalue weighted by Gasteiger charge is -2.42. The van der Waals surface area contributed by atoms with E-state index in [0.29, 0.717) is 23.1 Å². The van der Waals surface area contributed by atoms with Crippen molar-refractivity contribution in [2.24, 2.45) is 17.8 Å². The molecule has 1 aromatic rings. The van der Waals surface area contributed by atoms with Crippen molar-refractivity contribution >= 4 is 39.3 Å². The van der Waals surface area contributed by atoms with Gasteiger partial charge in [-0.1, -0.05) is 35.9 Å². The van der Waals surface area contributed by atoms with Crippen LogP contribution in [-0.4, -0.2) is 38.8 Å². The highest BCUT2D eigenvalue weighted by Crippen LogP contribution is 2.56. The Bertz CT molecular complexity index is 1260. The number of phenolic OH excluding ortho intramolecular Hbond substituents is 1. The average molecular weight is 510 g/mol. The van der Waals surface area contributed by atoms with Crippen LogP contribution in [0.4, 0.5) is 0 Å². The molecule has 168 valence electrons. The smallest absolute Gasteiger partial charge is 0.257 e. The van der Waals surface area contributed by atoms with Gasteiger partial charge in [-0.2, -0.15) is 5.06 Å². The molecule has 1 heterocycles. The first kappa shape index (κ1) is 21.7. The highest BCUT2D eigenvalue weighted by molar-refractivity contribution is 9.12. The number of allylic oxidation sites excluding steroid dienone is 7. The molecule has 1 saturated heterocycles. The van der Waals surface area contributed by atoms with Crippen LogP contribution in [-0.2, 0) is 25.6 Å². The van der Waals surface area contributed by atoms with Crippen molar-refractivity contribution in [3.05, 3.63) is 75.3 Å². The summed E-state index contributed by atoms with van der Waals surface area (Å²) in [6, 6.07) is 5.23. The van der Waals surface area contributed by atoms with Gasteiger partial charge in [0.05, 0.1) is 16.3 Å². The summed E-state index contributed by atoms with van der Waals surface area (Å²) in [6.45, 7) is 3.72. The Morgan fingerprint density at radius 2 is 1.91 bits per heavy atom. The van der Waals surface area contributed by atoms with Gasteiger partial charge in [-0.3, -0.25) is 24.4 Å². The highest BCUT2D eigenvalue weighted by atomic mass is 79.9. The summed E-state index contributed by atoms with van der Waals surface area (Å²) in [5.74, 6) is -4.88. The van der Waals surface area contributed by atoms with Crippen LogP contribution in [0.1, 0.15) is 29.9 Å². The topological polar surface area (TPSA) is 112 Å². The van der Waals surface area contributed by atoms with Gasteiger partial charge in [0.25, 0.3) is 11.8 Å². The van der Waals surface area contributed by atoms with Crippen molar-refractivity contribution in [2.75, 3.05) is 0 Å². The number of rotatable bonds is 3. The molecule has 8 heteroatoms. The fraction of sp³-hybridized carbons (Fsp3) is 0.280. The van der Waals surface area contributed by atoms with Gasteiger partial charge in [-0.25, -0.2) is 0 Å². The molecule has 0 spiro atoms. The molecule has 0 saturated carbocycles. The molecule has 0 aromatic heterocycles. The fourth-order valence-corrected chi connectivity index (χ4v) is 6.16. The van der Waals surface area contributed by atoms with Crippen molar-refractivity contribution in [3.8, 4) is 5.75 Å². The second-order valence-electron chi connectivity index (χ2n) is 8.73. The van der Waals surface area contributed by atoms with Gasteiger partial charge in [-0.05, 0) is 46.7 Å². The number of carbonyl (C=O) groups is 4. The first-order chi connectivity index (χ1) is 15.8. The van der Waals surface area contributed by atoms with Gasteiger partial charge in [0.15, 0.2) is 11.6 Å². The Morgan fingerprint density at radius 1 is 1.15 bits per heavy atom. The number of amides is 2. The van der Waals surface area contributed by atoms with Gasteiger partial charge in [0.1, 0.15) is 5.75 Å². The predicted molar refractivity (Wildman–Crippen MR) is 120 cm³/mol. The molecular weight excluding hydrogens is 490 g/mol. The van der Waals surface area contributed by atoms with Gasteiger partial charge < -0.3 is 5.11 Å². The first-order valence-corrected chi connectivity index (χ1v) is 11.4. The van der Waals surface area contributed by atoms with E-state index in [9.17, 15) is 29.5 Å². The number of phenols is 1. The summed E-state index contributed by atoms with van der Waals surface area (Å²) in [7, 11) is 0. The zero-order valence-corrected chi connectivity index (χ0v) is 19.0. The second-order valence-corrected chi connectivity index (χ2v) is 9.58. The maximum atomic E-state index is 13.2. The minimum atomic E-state index is -0.829. The average Bonchev–Trinajstić information content (AvgIpc) is 3.02. The molecule has 33 heavy (non-hydrogen) atoms. The van der Waals surface area contributed by atoms with E-state index in [0.717, 1.165) is 0 Å². The molecular formula is C25H20BrNO6. The van der Waals surface area contributed by atoms with Crippen LogP contribution in [0.3, 0.4) is 0 Å². The Kier molecular flexibility index (Phi) is 5.10. The van der Waals surface area contributed by atoms with Gasteiger partial charge >= 0.3 is 0 Å². The molecule has 4 aliphatic rings. The van der Waals surface area contributed by atoms with Crippen LogP contribution < -0.4 is 0 Å². The minimum Gasteiger partial charge on any atom is -0.507 e. The van der Waals surface area contributed by atoms with Crippen molar-refractivity contribution < 1.29 is 29.5 Å². The van der Waals surface area contributed by atoms with Crippen LogP contribution in [0.5, 0.6) is 5.75 Å². The summed E-state index contributed by atoms with van der Waals surface area (Å²) in [6.07, 6.45) is 5.47. The van der Waals surface area contributed by atoms with Crippen molar-refractivity contribution in [3.63, 3.8) is 0 Å². The number of hydroxylamine groups is 2. The zero-order valence-electron chi connectivity index (χ0n) is 17.5. The van der Waals surface area contributed by atoms with E-state index in [1.165, 1.54) is 6.08 Å². The van der Waals surface area contributed by atoms with E-state index in [1.54, 1.807) is 24.3 Å². The number of imide groups is 1. The molecule has 7 nitrogen and oxygen atoms in total. The van der Waals surface area contributed by atoms with E-state index in [1.807, 2.05) is 6.08 Å². The number of carbonyl (C=O) groups excluding carboxylic acids is 4. The normalized spacial score (nSPS) is 28.8. The van der Waals surface area contributed by atoms with Crippen molar-refractivity contribution in [1.29, 1.82) is 0 Å². The van der Waals surface area contributed by atoms with Crippen LogP contribution in [0.25, 0.3) is 0 Å². The maximum absolute atomic E-state index is 13.2. The molecule has 2 amide bonds. The van der Waals surface area contributed by atoms with Crippen LogP contribution >= 0.6 is 15.9 Å². The monoisotopic (exact) mass is 509 g/mol. The lowest BCUT2D eigenvalue weighted by Crippen LogP contribution is -2.39. The number of aromatic hydroxyl groups is 1. The lowest BCUT2D eigenvalue weighted by molar-refractivity contribution is -0.173. The number of benzene rings is 1. The quantitative estimate of drug-likeness (QED) is 0.280. The zero-order chi connectivity index (χ0) is 23.6. The minimum absolute atomic E-state index is 0.00407. The summed E-state index contributed by atoms with van der Waals surface area (Å²) in [5, 5.41) is 21.3. The van der Waals surface area contributed by atoms with Gasteiger partial charge in [0, 0.05) is 28.7 Å². The third-order valence-corrected chi connectivity index (χ3v) is 7.72. The molecule has 0 bridgehead atoms. The van der Waals surface area contributed by atoms with E-state index in [4.69, 9.17) is 0 Å². The number of hydrogen-bond donors (Lipinski definition) is 2. The summed E-state index contributed by atoms with van der Waals surface area (Å²) in [5.41, 5.74) is 2.35. The number of nitrogens with zero attached hydrogens (tertiary/aromatic N) is 1. The van der Waals surface area contributed by atoms with E-state index < -0.39 is 35.5 Å². The predicted octanol–water partition coefficient (Wildman–Crippen LogP) is 3.27. The summed E-state index contributed by atoms with van der Waals surface area (Å²) >= 11 is 3.17. The molecule has 0 radical (unpaired) electrons. The molecule has 2 N–H and O–H groups in total. The summed E-state index contributed by atoms with van der Waals surface area (Å²) < 4.78 is 0.132. The molecule has 1 aromatic carbocycles.